The van der Waals surface area contributed by atoms with Crippen LogP contribution in [-0.2, 0) is 5.66 Å². The van der Waals surface area contributed by atoms with Gasteiger partial charge in [0.1, 0.15) is 0 Å². The van der Waals surface area contributed by atoms with E-state index in [1.54, 1.807) is 7.05 Å². The third-order valence-corrected chi connectivity index (χ3v) is 3.69. The van der Waals surface area contributed by atoms with Crippen molar-refractivity contribution in [2.75, 3.05) is 7.05 Å². The maximum Gasteiger partial charge on any atom is 0.330 e. The van der Waals surface area contributed by atoms with Crippen LogP contribution in [0.4, 0.5) is 0 Å². The molecule has 3 aromatic rings. The summed E-state index contributed by atoms with van der Waals surface area (Å²) in [5.41, 5.74) is 1.45. The number of hydrogen-bond donors (Lipinski definition) is 0. The van der Waals surface area contributed by atoms with Gasteiger partial charge in [-0.15, -0.1) is 5.11 Å². The summed E-state index contributed by atoms with van der Waals surface area (Å²) in [7, 11) is 1.71. The van der Waals surface area contributed by atoms with Gasteiger partial charge in [-0.1, -0.05) is 42.5 Å². The highest BCUT2D eigenvalue weighted by Gasteiger charge is 2.44. The monoisotopic (exact) mass is 367 g/mol. The molecular formula is C19H18BrN3. The van der Waals surface area contributed by atoms with Crippen LogP contribution in [0.3, 0.4) is 0 Å². The maximum atomic E-state index is 4.65. The highest BCUT2D eigenvalue weighted by Crippen LogP contribution is 2.30. The molecule has 0 aliphatic heterocycles. The molecule has 0 fully saturated rings. The topological polar surface area (TPSA) is 28.6 Å². The van der Waals surface area contributed by atoms with Gasteiger partial charge >= 0.3 is 5.66 Å². The van der Waals surface area contributed by atoms with E-state index < -0.39 is 5.66 Å². The normalized spacial score (nSPS) is 11.2. The first-order chi connectivity index (χ1) is 10.9. The summed E-state index contributed by atoms with van der Waals surface area (Å²) < 4.78 is 2.09. The number of hydrogen-bond acceptors (Lipinski definition) is 2. The molecule has 0 amide bonds. The first-order valence-electron chi connectivity index (χ1n) is 7.27. The van der Waals surface area contributed by atoms with Crippen LogP contribution in [0.25, 0.3) is 0 Å². The molecule has 0 atom stereocenters. The third kappa shape index (κ3) is 3.22. The summed E-state index contributed by atoms with van der Waals surface area (Å²) in [6.07, 6.45) is 4.04. The van der Waals surface area contributed by atoms with Gasteiger partial charge in [-0.3, -0.25) is 0 Å². The Morgan fingerprint density at radius 3 is 1.57 bits per heavy atom. The molecule has 2 aromatic carbocycles. The molecule has 4 heteroatoms. The van der Waals surface area contributed by atoms with Gasteiger partial charge in [-0.25, -0.2) is 0 Å². The van der Waals surface area contributed by atoms with Gasteiger partial charge in [0.2, 0.25) is 0 Å². The molecule has 0 saturated heterocycles. The van der Waals surface area contributed by atoms with E-state index in [9.17, 15) is 0 Å². The molecule has 0 aliphatic carbocycles. The minimum Gasteiger partial charge on any atom is -1.00 e. The smallest absolute Gasteiger partial charge is 0.330 e. The summed E-state index contributed by atoms with van der Waals surface area (Å²) in [5.74, 6) is 0. The standard InChI is InChI=1S/C19H18N3.BrH/c1-20-21-19(17-11-5-2-6-12-17,18-13-7-3-8-14-18)22-15-9-4-10-16-22;/h2-16H,1H3;1H/q+1;/p-1. The average molecular weight is 368 g/mol. The second kappa shape index (κ2) is 7.79. The predicted molar refractivity (Wildman–Crippen MR) is 86.5 cm³/mol. The summed E-state index contributed by atoms with van der Waals surface area (Å²) in [6.45, 7) is 0. The first kappa shape index (κ1) is 17.0. The quantitative estimate of drug-likeness (QED) is 0.482. The van der Waals surface area contributed by atoms with E-state index in [1.165, 1.54) is 0 Å². The van der Waals surface area contributed by atoms with Crippen LogP contribution >= 0.6 is 0 Å². The molecule has 23 heavy (non-hydrogen) atoms. The Kier molecular flexibility index (Phi) is 5.77. The first-order valence-corrected chi connectivity index (χ1v) is 7.27. The van der Waals surface area contributed by atoms with Crippen LogP contribution in [0.2, 0.25) is 0 Å². The van der Waals surface area contributed by atoms with Crippen LogP contribution in [-0.4, -0.2) is 7.05 Å². The number of azo groups is 1. The lowest BCUT2D eigenvalue weighted by molar-refractivity contribution is -0.744. The second-order valence-electron chi connectivity index (χ2n) is 4.99. The van der Waals surface area contributed by atoms with Crippen LogP contribution in [0, 0.1) is 0 Å². The Morgan fingerprint density at radius 2 is 1.13 bits per heavy atom. The van der Waals surface area contributed by atoms with Crippen molar-refractivity contribution in [2.45, 2.75) is 5.66 Å². The fourth-order valence-corrected chi connectivity index (χ4v) is 2.73. The average Bonchev–Trinajstić information content (AvgIpc) is 2.62. The molecule has 0 saturated carbocycles. The van der Waals surface area contributed by atoms with Gasteiger partial charge in [0.25, 0.3) is 0 Å². The van der Waals surface area contributed by atoms with E-state index in [2.05, 4.69) is 39.1 Å². The van der Waals surface area contributed by atoms with Crippen molar-refractivity contribution in [3.63, 3.8) is 0 Å². The molecule has 0 aliphatic rings. The second-order valence-corrected chi connectivity index (χ2v) is 4.99. The molecule has 1 heterocycles. The van der Waals surface area contributed by atoms with E-state index in [0.717, 1.165) is 11.1 Å². The molecular weight excluding hydrogens is 350 g/mol. The summed E-state index contributed by atoms with van der Waals surface area (Å²) in [5, 5.41) is 8.80. The number of halogens is 1. The number of aromatic nitrogens is 1. The number of nitrogens with zero attached hydrogens (tertiary/aromatic N) is 3. The van der Waals surface area contributed by atoms with E-state index in [1.807, 2.05) is 67.0 Å². The fourth-order valence-electron chi connectivity index (χ4n) is 2.73. The van der Waals surface area contributed by atoms with Gasteiger partial charge < -0.3 is 17.0 Å². The zero-order chi connectivity index (χ0) is 15.3. The lowest BCUT2D eigenvalue weighted by atomic mass is 9.91. The van der Waals surface area contributed by atoms with Gasteiger partial charge in [-0.05, 0) is 24.3 Å². The summed E-state index contributed by atoms with van der Waals surface area (Å²) in [4.78, 5) is 0. The van der Waals surface area contributed by atoms with Crippen molar-refractivity contribution in [2.24, 2.45) is 10.2 Å². The zero-order valence-corrected chi connectivity index (χ0v) is 14.5. The molecule has 0 spiro atoms. The fraction of sp³-hybridized carbons (Fsp3) is 0.105. The Labute approximate surface area is 147 Å². The SMILES string of the molecule is CN=NC(c1ccccc1)(c1ccccc1)[n+]1ccccc1.[Br-]. The molecule has 3 rings (SSSR count). The largest absolute Gasteiger partial charge is 1.00 e. The molecule has 1 aromatic heterocycles. The van der Waals surface area contributed by atoms with Crippen LogP contribution in [0.15, 0.2) is 101 Å². The van der Waals surface area contributed by atoms with Gasteiger partial charge in [0, 0.05) is 19.2 Å². The maximum absolute atomic E-state index is 4.65. The lowest BCUT2D eigenvalue weighted by Gasteiger charge is -2.24. The molecule has 0 unspecified atom stereocenters. The summed E-state index contributed by atoms with van der Waals surface area (Å²) in [6, 6.07) is 26.5. The minimum atomic E-state index is -0.696. The highest BCUT2D eigenvalue weighted by molar-refractivity contribution is 5.35. The van der Waals surface area contributed by atoms with Crippen molar-refractivity contribution >= 4 is 0 Å². The number of pyridine rings is 1. The Morgan fingerprint density at radius 1 is 0.696 bits per heavy atom. The number of rotatable bonds is 4. The van der Waals surface area contributed by atoms with Crippen LogP contribution in [0.5, 0.6) is 0 Å². The van der Waals surface area contributed by atoms with Crippen molar-refractivity contribution in [1.82, 2.24) is 0 Å². The Bertz CT molecular complexity index is 647. The zero-order valence-electron chi connectivity index (χ0n) is 12.9. The van der Waals surface area contributed by atoms with Crippen molar-refractivity contribution < 1.29 is 21.5 Å². The molecule has 0 N–H and O–H groups in total. The van der Waals surface area contributed by atoms with E-state index in [-0.39, 0.29) is 17.0 Å². The van der Waals surface area contributed by atoms with Gasteiger partial charge in [0.05, 0.1) is 11.1 Å². The van der Waals surface area contributed by atoms with Crippen molar-refractivity contribution in [3.8, 4) is 0 Å². The lowest BCUT2D eigenvalue weighted by Crippen LogP contribution is -3.00. The van der Waals surface area contributed by atoms with Crippen LogP contribution < -0.4 is 21.5 Å². The van der Waals surface area contributed by atoms with Crippen molar-refractivity contribution in [3.05, 3.63) is 102 Å². The molecule has 116 valence electrons. The van der Waals surface area contributed by atoms with Crippen LogP contribution in [0.1, 0.15) is 11.1 Å². The number of benzene rings is 2. The van der Waals surface area contributed by atoms with Gasteiger partial charge in [0.15, 0.2) is 12.4 Å². The molecule has 0 bridgehead atoms. The molecule has 3 nitrogen and oxygen atoms in total. The summed E-state index contributed by atoms with van der Waals surface area (Å²) >= 11 is 0. The van der Waals surface area contributed by atoms with Gasteiger partial charge in [-0.2, -0.15) is 9.68 Å². The Balaban J connectivity index is 0.00000192. The van der Waals surface area contributed by atoms with Crippen molar-refractivity contribution in [1.29, 1.82) is 0 Å². The minimum absolute atomic E-state index is 0. The predicted octanol–water partition coefficient (Wildman–Crippen LogP) is 0.809. The van der Waals surface area contributed by atoms with E-state index >= 15 is 0 Å². The van der Waals surface area contributed by atoms with E-state index in [4.69, 9.17) is 0 Å². The van der Waals surface area contributed by atoms with E-state index in [0.29, 0.717) is 0 Å². The third-order valence-electron chi connectivity index (χ3n) is 3.69. The highest BCUT2D eigenvalue weighted by atomic mass is 79.9. The Hall–Kier alpha value is -2.33. The molecule has 0 radical (unpaired) electrons.